The molecule has 0 saturated heterocycles. The molecule has 1 aromatic heterocycles. The molecular weight excluding hydrogens is 318 g/mol. The molecule has 18 heavy (non-hydrogen) atoms. The molecule has 1 heterocycles. The molecular formula is C12H11BrClN3O. The van der Waals surface area contributed by atoms with Gasteiger partial charge in [-0.15, -0.1) is 0 Å². The molecule has 0 spiro atoms. The van der Waals surface area contributed by atoms with Gasteiger partial charge in [0.2, 0.25) is 5.91 Å². The van der Waals surface area contributed by atoms with Gasteiger partial charge in [0, 0.05) is 25.4 Å². The summed E-state index contributed by atoms with van der Waals surface area (Å²) in [5.74, 6) is -0.0633. The Kier molecular flexibility index (Phi) is 4.38. The highest BCUT2D eigenvalue weighted by atomic mass is 79.9. The summed E-state index contributed by atoms with van der Waals surface area (Å²) in [6.07, 6.45) is 5.58. The number of aryl methyl sites for hydroxylation is 1. The average Bonchev–Trinajstić information content (AvgIpc) is 2.86. The molecule has 94 valence electrons. The topological polar surface area (TPSA) is 46.9 Å². The Labute approximate surface area is 118 Å². The second-order valence-electron chi connectivity index (χ2n) is 3.70. The highest BCUT2D eigenvalue weighted by Gasteiger charge is 2.07. The summed E-state index contributed by atoms with van der Waals surface area (Å²) in [4.78, 5) is 15.7. The lowest BCUT2D eigenvalue weighted by Gasteiger charge is -2.08. The van der Waals surface area contributed by atoms with E-state index in [-0.39, 0.29) is 5.91 Å². The third-order valence-corrected chi connectivity index (χ3v) is 3.78. The number of hydrogen-bond acceptors (Lipinski definition) is 2. The lowest BCUT2D eigenvalue weighted by atomic mass is 10.3. The number of amides is 1. The van der Waals surface area contributed by atoms with E-state index < -0.39 is 0 Å². The van der Waals surface area contributed by atoms with Crippen LogP contribution < -0.4 is 5.32 Å². The summed E-state index contributed by atoms with van der Waals surface area (Å²) < 4.78 is 2.55. The van der Waals surface area contributed by atoms with Crippen LogP contribution in [-0.4, -0.2) is 15.5 Å². The number of aromatic nitrogens is 2. The first-order chi connectivity index (χ1) is 8.66. The maximum Gasteiger partial charge on any atom is 0.226 e. The van der Waals surface area contributed by atoms with Crippen LogP contribution in [0.15, 0.2) is 41.4 Å². The zero-order valence-corrected chi connectivity index (χ0v) is 11.8. The first kappa shape index (κ1) is 13.1. The predicted octanol–water partition coefficient (Wildman–Crippen LogP) is 3.33. The van der Waals surface area contributed by atoms with Gasteiger partial charge in [-0.2, -0.15) is 0 Å². The molecule has 0 aliphatic rings. The molecule has 1 N–H and O–H groups in total. The Bertz CT molecular complexity index is 542. The Hall–Kier alpha value is -1.33. The SMILES string of the molecule is O=C(CCn1ccnc1)Nc1cccc(Cl)c1Br. The summed E-state index contributed by atoms with van der Waals surface area (Å²) in [5, 5.41) is 3.38. The summed E-state index contributed by atoms with van der Waals surface area (Å²) in [6, 6.07) is 5.34. The Morgan fingerprint density at radius 1 is 1.50 bits per heavy atom. The molecule has 0 saturated carbocycles. The number of benzene rings is 1. The number of carbonyl (C=O) groups excluding carboxylic acids is 1. The van der Waals surface area contributed by atoms with Crippen LogP contribution >= 0.6 is 27.5 Å². The van der Waals surface area contributed by atoms with Crippen LogP contribution in [0, 0.1) is 0 Å². The van der Waals surface area contributed by atoms with Gasteiger partial charge in [0.1, 0.15) is 0 Å². The van der Waals surface area contributed by atoms with E-state index in [0.717, 1.165) is 0 Å². The third kappa shape index (κ3) is 3.34. The highest BCUT2D eigenvalue weighted by molar-refractivity contribution is 9.10. The molecule has 6 heteroatoms. The van der Waals surface area contributed by atoms with Gasteiger partial charge in [0.05, 0.1) is 21.5 Å². The van der Waals surface area contributed by atoms with Gasteiger partial charge in [-0.25, -0.2) is 4.98 Å². The lowest BCUT2D eigenvalue weighted by Crippen LogP contribution is -2.14. The zero-order chi connectivity index (χ0) is 13.0. The van der Waals surface area contributed by atoms with Gasteiger partial charge in [0.25, 0.3) is 0 Å². The van der Waals surface area contributed by atoms with Crippen LogP contribution in [0.2, 0.25) is 5.02 Å². The fraction of sp³-hybridized carbons (Fsp3) is 0.167. The molecule has 0 aliphatic carbocycles. The van der Waals surface area contributed by atoms with E-state index >= 15 is 0 Å². The first-order valence-electron chi connectivity index (χ1n) is 5.36. The van der Waals surface area contributed by atoms with Crippen molar-refractivity contribution in [2.75, 3.05) is 5.32 Å². The zero-order valence-electron chi connectivity index (χ0n) is 9.44. The van der Waals surface area contributed by atoms with E-state index in [2.05, 4.69) is 26.2 Å². The van der Waals surface area contributed by atoms with Gasteiger partial charge < -0.3 is 9.88 Å². The molecule has 2 aromatic rings. The maximum absolute atomic E-state index is 11.8. The van der Waals surface area contributed by atoms with E-state index in [1.807, 2.05) is 10.8 Å². The van der Waals surface area contributed by atoms with Gasteiger partial charge in [-0.05, 0) is 28.1 Å². The molecule has 1 amide bonds. The highest BCUT2D eigenvalue weighted by Crippen LogP contribution is 2.29. The van der Waals surface area contributed by atoms with E-state index in [1.165, 1.54) is 0 Å². The van der Waals surface area contributed by atoms with E-state index in [4.69, 9.17) is 11.6 Å². The van der Waals surface area contributed by atoms with Gasteiger partial charge in [-0.1, -0.05) is 17.7 Å². The second kappa shape index (κ2) is 6.02. The van der Waals surface area contributed by atoms with Crippen molar-refractivity contribution < 1.29 is 4.79 Å². The molecule has 2 rings (SSSR count). The minimum atomic E-state index is -0.0633. The van der Waals surface area contributed by atoms with Crippen molar-refractivity contribution in [1.82, 2.24) is 9.55 Å². The van der Waals surface area contributed by atoms with Crippen LogP contribution in [0.5, 0.6) is 0 Å². The quantitative estimate of drug-likeness (QED) is 0.936. The second-order valence-corrected chi connectivity index (χ2v) is 4.90. The number of imidazole rings is 1. The standard InChI is InChI=1S/C12H11BrClN3O/c13-12-9(14)2-1-3-10(12)16-11(18)4-6-17-7-5-15-8-17/h1-3,5,7-8H,4,6H2,(H,16,18). The van der Waals surface area contributed by atoms with Crippen molar-refractivity contribution >= 4 is 39.1 Å². The van der Waals surface area contributed by atoms with E-state index in [0.29, 0.717) is 28.1 Å². The number of rotatable bonds is 4. The fourth-order valence-corrected chi connectivity index (χ4v) is 2.00. The summed E-state index contributed by atoms with van der Waals surface area (Å²) in [5.41, 5.74) is 0.679. The Morgan fingerprint density at radius 2 is 2.33 bits per heavy atom. The Balaban J connectivity index is 1.93. The minimum Gasteiger partial charge on any atom is -0.337 e. The Morgan fingerprint density at radius 3 is 3.06 bits per heavy atom. The number of nitrogens with zero attached hydrogens (tertiary/aromatic N) is 2. The number of anilines is 1. The average molecular weight is 329 g/mol. The summed E-state index contributed by atoms with van der Waals surface area (Å²) in [6.45, 7) is 0.601. The van der Waals surface area contributed by atoms with Crippen LogP contribution in [0.25, 0.3) is 0 Å². The molecule has 0 bridgehead atoms. The number of carbonyl (C=O) groups is 1. The predicted molar refractivity (Wildman–Crippen MR) is 74.6 cm³/mol. The molecule has 4 nitrogen and oxygen atoms in total. The van der Waals surface area contributed by atoms with Crippen LogP contribution in [0.4, 0.5) is 5.69 Å². The molecule has 0 unspecified atom stereocenters. The van der Waals surface area contributed by atoms with Crippen LogP contribution in [0.1, 0.15) is 6.42 Å². The monoisotopic (exact) mass is 327 g/mol. The largest absolute Gasteiger partial charge is 0.337 e. The van der Waals surface area contributed by atoms with Gasteiger partial charge >= 0.3 is 0 Å². The van der Waals surface area contributed by atoms with Crippen molar-refractivity contribution in [3.05, 3.63) is 46.4 Å². The fourth-order valence-electron chi connectivity index (χ4n) is 1.46. The molecule has 0 atom stereocenters. The normalized spacial score (nSPS) is 10.3. The van der Waals surface area contributed by atoms with Crippen molar-refractivity contribution in [3.8, 4) is 0 Å². The third-order valence-electron chi connectivity index (χ3n) is 2.38. The van der Waals surface area contributed by atoms with Crippen molar-refractivity contribution in [2.45, 2.75) is 13.0 Å². The number of nitrogens with one attached hydrogen (secondary N) is 1. The van der Waals surface area contributed by atoms with Gasteiger partial charge in [-0.3, -0.25) is 4.79 Å². The molecule has 0 radical (unpaired) electrons. The maximum atomic E-state index is 11.8. The van der Waals surface area contributed by atoms with Crippen molar-refractivity contribution in [2.24, 2.45) is 0 Å². The van der Waals surface area contributed by atoms with Crippen molar-refractivity contribution in [3.63, 3.8) is 0 Å². The van der Waals surface area contributed by atoms with E-state index in [9.17, 15) is 4.79 Å². The molecule has 0 fully saturated rings. The summed E-state index contributed by atoms with van der Waals surface area (Å²) >= 11 is 9.28. The van der Waals surface area contributed by atoms with Gasteiger partial charge in [0.15, 0.2) is 0 Å². The van der Waals surface area contributed by atoms with Crippen molar-refractivity contribution in [1.29, 1.82) is 0 Å². The van der Waals surface area contributed by atoms with Crippen LogP contribution in [0.3, 0.4) is 0 Å². The number of halogens is 2. The minimum absolute atomic E-state index is 0.0633. The van der Waals surface area contributed by atoms with E-state index in [1.54, 1.807) is 30.7 Å². The lowest BCUT2D eigenvalue weighted by molar-refractivity contribution is -0.116. The van der Waals surface area contributed by atoms with Crippen LogP contribution in [-0.2, 0) is 11.3 Å². The number of hydrogen-bond donors (Lipinski definition) is 1. The smallest absolute Gasteiger partial charge is 0.226 e. The molecule has 0 aliphatic heterocycles. The molecule has 1 aromatic carbocycles. The first-order valence-corrected chi connectivity index (χ1v) is 6.53. The summed E-state index contributed by atoms with van der Waals surface area (Å²) in [7, 11) is 0.